The number of H-pyrrole nitrogens is 1. The normalized spacial score (nSPS) is 13.7. The van der Waals surface area contributed by atoms with Gasteiger partial charge in [0.1, 0.15) is 23.9 Å². The van der Waals surface area contributed by atoms with Crippen molar-refractivity contribution >= 4 is 46.4 Å². The van der Waals surface area contributed by atoms with Gasteiger partial charge in [-0.25, -0.2) is 4.79 Å². The number of rotatable bonds is 16. The van der Waals surface area contributed by atoms with Crippen molar-refractivity contribution in [3.8, 4) is 5.75 Å². The number of primary amides is 2. The fourth-order valence-corrected chi connectivity index (χ4v) is 4.49. The number of nitrogens with one attached hydrogen (secondary N) is 4. The lowest BCUT2D eigenvalue weighted by molar-refractivity contribution is -0.142. The number of phenols is 1. The third-order valence-electron chi connectivity index (χ3n) is 6.79. The number of phenolic OH excluding ortho intramolecular Hbond substituents is 1. The number of aromatic amines is 1. The van der Waals surface area contributed by atoms with E-state index in [1.807, 2.05) is 12.1 Å². The number of carboxylic acids is 1. The van der Waals surface area contributed by atoms with Crippen LogP contribution in [0.4, 0.5) is 0 Å². The number of fused-ring (bicyclic) bond motifs is 1. The third-order valence-corrected chi connectivity index (χ3v) is 6.79. The second-order valence-corrected chi connectivity index (χ2v) is 10.2. The molecular formula is C29H35N7O8. The number of amides is 5. The Hall–Kier alpha value is -5.44. The van der Waals surface area contributed by atoms with Gasteiger partial charge in [0, 0.05) is 36.4 Å². The Morgan fingerprint density at radius 1 is 0.773 bits per heavy atom. The standard InChI is InChI=1S/C29H35N7O8/c30-19(13-25(32)39)26(40)35-22(12-16-14-33-20-4-2-1-3-18(16)20)28(42)34-21(9-10-24(31)38)27(41)36-23(29(43)44)11-15-5-7-17(37)8-6-15/h1-8,14,19,21-23,33,37H,9-13,30H2,(H2,31,38)(H2,32,39)(H,34,42)(H,35,40)(H,36,41)(H,43,44). The van der Waals surface area contributed by atoms with Gasteiger partial charge in [-0.15, -0.1) is 0 Å². The molecule has 234 valence electrons. The van der Waals surface area contributed by atoms with Gasteiger partial charge >= 0.3 is 5.97 Å². The molecule has 0 aliphatic rings. The van der Waals surface area contributed by atoms with Crippen LogP contribution in [-0.4, -0.2) is 74.9 Å². The number of hydrogen-bond donors (Lipinski definition) is 9. The minimum Gasteiger partial charge on any atom is -0.508 e. The molecule has 0 aliphatic heterocycles. The van der Waals surface area contributed by atoms with Crippen LogP contribution < -0.4 is 33.2 Å². The summed E-state index contributed by atoms with van der Waals surface area (Å²) in [6, 6.07) is 7.43. The molecule has 0 spiro atoms. The lowest BCUT2D eigenvalue weighted by Gasteiger charge is -2.25. The average molecular weight is 610 g/mol. The summed E-state index contributed by atoms with van der Waals surface area (Å²) in [5, 5.41) is 27.3. The van der Waals surface area contributed by atoms with Crippen molar-refractivity contribution in [1.29, 1.82) is 0 Å². The second kappa shape index (κ2) is 15.2. The van der Waals surface area contributed by atoms with E-state index in [2.05, 4.69) is 20.9 Å². The highest BCUT2D eigenvalue weighted by Crippen LogP contribution is 2.19. The molecule has 0 bridgehead atoms. The summed E-state index contributed by atoms with van der Waals surface area (Å²) in [4.78, 5) is 77.5. The zero-order valence-corrected chi connectivity index (χ0v) is 23.6. The lowest BCUT2D eigenvalue weighted by Crippen LogP contribution is -2.58. The summed E-state index contributed by atoms with van der Waals surface area (Å²) in [6.07, 6.45) is 0.375. The largest absolute Gasteiger partial charge is 0.508 e. The molecule has 1 aromatic heterocycles. The van der Waals surface area contributed by atoms with E-state index in [9.17, 15) is 39.0 Å². The SMILES string of the molecule is NC(=O)CCC(NC(=O)C(Cc1c[nH]c2ccccc12)NC(=O)C(N)CC(N)=O)C(=O)NC(Cc1ccc(O)cc1)C(=O)O. The predicted octanol–water partition coefficient (Wildman–Crippen LogP) is -1.33. The van der Waals surface area contributed by atoms with E-state index < -0.39 is 66.1 Å². The molecule has 15 nitrogen and oxygen atoms in total. The number of aromatic nitrogens is 1. The monoisotopic (exact) mass is 609 g/mol. The van der Waals surface area contributed by atoms with Crippen molar-refractivity contribution in [2.24, 2.45) is 17.2 Å². The number of nitrogens with two attached hydrogens (primary N) is 3. The van der Waals surface area contributed by atoms with Crippen LogP contribution >= 0.6 is 0 Å². The summed E-state index contributed by atoms with van der Waals surface area (Å²) < 4.78 is 0. The molecule has 44 heavy (non-hydrogen) atoms. The Balaban J connectivity index is 1.84. The Morgan fingerprint density at radius 3 is 2.02 bits per heavy atom. The lowest BCUT2D eigenvalue weighted by atomic mass is 10.0. The highest BCUT2D eigenvalue weighted by Gasteiger charge is 2.31. The van der Waals surface area contributed by atoms with Crippen LogP contribution in [0.25, 0.3) is 10.9 Å². The maximum absolute atomic E-state index is 13.6. The highest BCUT2D eigenvalue weighted by atomic mass is 16.4. The minimum absolute atomic E-state index is 0.0243. The molecule has 3 rings (SSSR count). The van der Waals surface area contributed by atoms with Crippen molar-refractivity contribution in [2.45, 2.75) is 56.3 Å². The number of carbonyl (C=O) groups is 6. The Kier molecular flexibility index (Phi) is 11.4. The third kappa shape index (κ3) is 9.55. The summed E-state index contributed by atoms with van der Waals surface area (Å²) in [5.74, 6) is -5.58. The first kappa shape index (κ1) is 33.1. The topological polar surface area (TPSA) is 273 Å². The molecular weight excluding hydrogens is 574 g/mol. The number of para-hydroxylation sites is 1. The van der Waals surface area contributed by atoms with E-state index in [1.54, 1.807) is 18.3 Å². The summed E-state index contributed by atoms with van der Waals surface area (Å²) >= 11 is 0. The molecule has 4 unspecified atom stereocenters. The van der Waals surface area contributed by atoms with Crippen molar-refractivity contribution in [1.82, 2.24) is 20.9 Å². The molecule has 12 N–H and O–H groups in total. The molecule has 0 saturated carbocycles. The molecule has 0 fully saturated rings. The average Bonchev–Trinajstić information content (AvgIpc) is 3.37. The van der Waals surface area contributed by atoms with Crippen molar-refractivity contribution in [2.75, 3.05) is 0 Å². The molecule has 5 amide bonds. The minimum atomic E-state index is -1.42. The number of aliphatic carboxylic acids is 1. The van der Waals surface area contributed by atoms with Gasteiger partial charge in [-0.2, -0.15) is 0 Å². The smallest absolute Gasteiger partial charge is 0.326 e. The van der Waals surface area contributed by atoms with Crippen molar-refractivity contribution < 1.29 is 39.0 Å². The molecule has 4 atom stereocenters. The number of benzene rings is 2. The van der Waals surface area contributed by atoms with Gasteiger partial charge in [-0.05, 0) is 35.7 Å². The maximum Gasteiger partial charge on any atom is 0.326 e. The quantitative estimate of drug-likeness (QED) is 0.0929. The summed E-state index contributed by atoms with van der Waals surface area (Å²) in [5.41, 5.74) is 18.1. The molecule has 3 aromatic rings. The fourth-order valence-electron chi connectivity index (χ4n) is 4.49. The Morgan fingerprint density at radius 2 is 1.39 bits per heavy atom. The van der Waals surface area contributed by atoms with Gasteiger partial charge in [0.15, 0.2) is 0 Å². The number of carbonyl (C=O) groups excluding carboxylic acids is 5. The van der Waals surface area contributed by atoms with Crippen molar-refractivity contribution in [3.63, 3.8) is 0 Å². The van der Waals surface area contributed by atoms with E-state index in [0.717, 1.165) is 10.9 Å². The molecule has 0 radical (unpaired) electrons. The Labute approximate surface area is 251 Å². The maximum atomic E-state index is 13.6. The van der Waals surface area contributed by atoms with E-state index in [1.165, 1.54) is 24.3 Å². The fraction of sp³-hybridized carbons (Fsp3) is 0.310. The predicted molar refractivity (Wildman–Crippen MR) is 157 cm³/mol. The van der Waals surface area contributed by atoms with Gasteiger partial charge in [0.2, 0.25) is 29.5 Å². The van der Waals surface area contributed by atoms with Crippen molar-refractivity contribution in [3.05, 3.63) is 65.9 Å². The van der Waals surface area contributed by atoms with E-state index >= 15 is 0 Å². The van der Waals surface area contributed by atoms with Crippen LogP contribution in [0, 0.1) is 0 Å². The van der Waals surface area contributed by atoms with Crippen LogP contribution in [0.5, 0.6) is 5.75 Å². The van der Waals surface area contributed by atoms with Gasteiger partial charge in [0.25, 0.3) is 0 Å². The molecule has 2 aromatic carbocycles. The molecule has 0 saturated heterocycles. The molecule has 15 heteroatoms. The van der Waals surface area contributed by atoms with E-state index in [0.29, 0.717) is 11.1 Å². The van der Waals surface area contributed by atoms with E-state index in [-0.39, 0.29) is 31.4 Å². The number of hydrogen-bond acceptors (Lipinski definition) is 8. The van der Waals surface area contributed by atoms with Crippen LogP contribution in [0.1, 0.15) is 30.4 Å². The first-order valence-electron chi connectivity index (χ1n) is 13.6. The van der Waals surface area contributed by atoms with E-state index in [4.69, 9.17) is 17.2 Å². The zero-order valence-electron chi connectivity index (χ0n) is 23.6. The highest BCUT2D eigenvalue weighted by molar-refractivity contribution is 5.96. The molecule has 1 heterocycles. The van der Waals surface area contributed by atoms with Gasteiger partial charge in [-0.3, -0.25) is 24.0 Å². The van der Waals surface area contributed by atoms with Crippen LogP contribution in [0.15, 0.2) is 54.7 Å². The first-order valence-corrected chi connectivity index (χ1v) is 13.6. The Bertz CT molecular complexity index is 1520. The van der Waals surface area contributed by atoms with Gasteiger partial charge in [-0.1, -0.05) is 30.3 Å². The first-order chi connectivity index (χ1) is 20.8. The zero-order chi connectivity index (χ0) is 32.4. The van der Waals surface area contributed by atoms with Gasteiger partial charge in [0.05, 0.1) is 12.5 Å². The summed E-state index contributed by atoms with van der Waals surface area (Å²) in [7, 11) is 0. The van der Waals surface area contributed by atoms with Gasteiger partial charge < -0.3 is 48.3 Å². The molecule has 0 aliphatic carbocycles. The number of carboxylic acid groups (broad SMARTS) is 1. The van der Waals surface area contributed by atoms with Crippen LogP contribution in [-0.2, 0) is 41.6 Å². The van der Waals surface area contributed by atoms with Crippen LogP contribution in [0.2, 0.25) is 0 Å². The number of aromatic hydroxyl groups is 1. The van der Waals surface area contributed by atoms with Crippen LogP contribution in [0.3, 0.4) is 0 Å². The summed E-state index contributed by atoms with van der Waals surface area (Å²) in [6.45, 7) is 0. The second-order valence-electron chi connectivity index (χ2n) is 10.2.